The Morgan fingerprint density at radius 2 is 1.89 bits per heavy atom. The molecule has 0 fully saturated rings. The molecule has 8 heteroatoms. The highest BCUT2D eigenvalue weighted by atomic mass is 31.2. The average molecular weight is 502 g/mol. The molecule has 0 amide bonds. The first-order chi connectivity index (χ1) is 16.9. The largest absolute Gasteiger partial charge is 0.398 e. The molecular weight excluding hydrogens is 472 g/mol. The van der Waals surface area contributed by atoms with Gasteiger partial charge in [0.05, 0.1) is 11.6 Å². The smallest absolute Gasteiger partial charge is 0.127 e. The lowest BCUT2D eigenvalue weighted by Crippen LogP contribution is -2.22. The van der Waals surface area contributed by atoms with Gasteiger partial charge in [-0.25, -0.2) is 4.39 Å². The number of nitrogens with zero attached hydrogens (tertiary/aromatic N) is 3. The van der Waals surface area contributed by atoms with Gasteiger partial charge in [-0.1, -0.05) is 13.8 Å². The number of nitrogen functional groups attached to an aromatic ring is 1. The molecule has 4 rings (SSSR count). The number of halogens is 1. The van der Waals surface area contributed by atoms with Crippen molar-refractivity contribution in [3.05, 3.63) is 71.3 Å². The Labute approximate surface area is 210 Å². The van der Waals surface area contributed by atoms with Gasteiger partial charge in [0.2, 0.25) is 0 Å². The van der Waals surface area contributed by atoms with Gasteiger partial charge in [0.1, 0.15) is 18.4 Å². The molecule has 184 valence electrons. The maximum Gasteiger partial charge on any atom is 0.127 e. The van der Waals surface area contributed by atoms with E-state index in [0.717, 1.165) is 39.0 Å². The van der Waals surface area contributed by atoms with E-state index in [4.69, 9.17) is 11.1 Å². The van der Waals surface area contributed by atoms with Crippen LogP contribution in [-0.4, -0.2) is 29.1 Å². The summed E-state index contributed by atoms with van der Waals surface area (Å²) < 4.78 is 28.6. The highest BCUT2D eigenvalue weighted by molar-refractivity contribution is 7.70. The van der Waals surface area contributed by atoms with Crippen molar-refractivity contribution in [3.8, 4) is 22.9 Å². The molecule has 4 aromatic rings. The zero-order chi connectivity index (χ0) is 26.4. The number of nitriles is 1. The number of hydrogen-bond acceptors (Lipinski definition) is 5. The highest BCUT2D eigenvalue weighted by Crippen LogP contribution is 2.45. The molecule has 0 saturated carbocycles. The zero-order valence-electron chi connectivity index (χ0n) is 21.1. The minimum absolute atomic E-state index is 0.230. The number of aromatic nitrogens is 2. The van der Waals surface area contributed by atoms with Gasteiger partial charge in [-0.2, -0.15) is 5.26 Å². The van der Waals surface area contributed by atoms with Gasteiger partial charge < -0.3 is 20.3 Å². The van der Waals surface area contributed by atoms with E-state index in [1.54, 1.807) is 31.7 Å². The Bertz CT molecular complexity index is 1590. The van der Waals surface area contributed by atoms with Gasteiger partial charge in [-0.05, 0) is 68.3 Å². The fourth-order valence-electron chi connectivity index (χ4n) is 4.83. The van der Waals surface area contributed by atoms with Gasteiger partial charge in [0.25, 0.3) is 0 Å². The summed E-state index contributed by atoms with van der Waals surface area (Å²) in [5, 5.41) is 18.4. The molecule has 0 aliphatic heterocycles. The topological polar surface area (TPSA) is 109 Å². The van der Waals surface area contributed by atoms with Crippen molar-refractivity contribution in [3.63, 3.8) is 0 Å². The first kappa shape index (κ1) is 25.3. The number of hydrogen-bond donors (Lipinski definition) is 2. The molecule has 3 N–H and O–H groups in total. The van der Waals surface area contributed by atoms with Crippen LogP contribution in [0.15, 0.2) is 48.7 Å². The molecule has 0 aliphatic rings. The number of rotatable bonds is 6. The number of pyridine rings is 1. The minimum atomic E-state index is -2.58. The van der Waals surface area contributed by atoms with Gasteiger partial charge in [0, 0.05) is 63.4 Å². The lowest BCUT2D eigenvalue weighted by Gasteiger charge is -2.27. The molecule has 0 radical (unpaired) electrons. The Hall–Kier alpha value is -3.75. The second kappa shape index (κ2) is 9.04. The van der Waals surface area contributed by atoms with E-state index in [1.807, 2.05) is 43.5 Å². The highest BCUT2D eigenvalue weighted by Gasteiger charge is 2.33. The summed E-state index contributed by atoms with van der Waals surface area (Å²) in [6.45, 7) is 9.28. The summed E-state index contributed by atoms with van der Waals surface area (Å²) >= 11 is 0. The number of nitrogens with one attached hydrogen (secondary N) is 1. The Morgan fingerprint density at radius 3 is 2.44 bits per heavy atom. The molecular formula is C28H29FN5OP. The molecule has 0 bridgehead atoms. The summed E-state index contributed by atoms with van der Waals surface area (Å²) in [7, 11) is -2.58. The molecule has 0 unspecified atom stereocenters. The van der Waals surface area contributed by atoms with E-state index in [-0.39, 0.29) is 12.2 Å². The van der Waals surface area contributed by atoms with E-state index in [2.05, 4.69) is 11.1 Å². The molecule has 6 nitrogen and oxygen atoms in total. The van der Waals surface area contributed by atoms with Crippen molar-refractivity contribution in [1.29, 1.82) is 10.7 Å². The predicted octanol–water partition coefficient (Wildman–Crippen LogP) is 6.16. The van der Waals surface area contributed by atoms with Gasteiger partial charge >= 0.3 is 0 Å². The molecule has 0 aliphatic carbocycles. The first-order valence-corrected chi connectivity index (χ1v) is 14.1. The Kier molecular flexibility index (Phi) is 6.36. The number of aryl methyl sites for hydroxylation is 1. The van der Waals surface area contributed by atoms with Crippen LogP contribution in [0.3, 0.4) is 0 Å². The number of benzene rings is 2. The third-order valence-electron chi connectivity index (χ3n) is 6.42. The van der Waals surface area contributed by atoms with Crippen LogP contribution in [0.25, 0.3) is 27.7 Å². The SMILES string of the molecule is Cc1cc(-c2c(C(C)(C)CC#N)n(-c3ccc(F)cc3)c3cc(C=N)c(N)cc23)cnc1P(C)(C)=O. The van der Waals surface area contributed by atoms with Crippen molar-refractivity contribution >= 4 is 35.4 Å². The molecule has 0 atom stereocenters. The average Bonchev–Trinajstić information content (AvgIpc) is 3.12. The lowest BCUT2D eigenvalue weighted by atomic mass is 9.82. The van der Waals surface area contributed by atoms with Crippen LogP contribution in [-0.2, 0) is 9.98 Å². The third-order valence-corrected chi connectivity index (χ3v) is 7.91. The first-order valence-electron chi connectivity index (χ1n) is 11.5. The molecule has 2 aromatic carbocycles. The van der Waals surface area contributed by atoms with Crippen molar-refractivity contribution in [1.82, 2.24) is 9.55 Å². The molecule has 2 aromatic heterocycles. The van der Waals surface area contributed by atoms with Crippen LogP contribution in [0.5, 0.6) is 0 Å². The quantitative estimate of drug-likeness (QED) is 0.187. The molecule has 36 heavy (non-hydrogen) atoms. The summed E-state index contributed by atoms with van der Waals surface area (Å²) in [4.78, 5) is 4.60. The Morgan fingerprint density at radius 1 is 1.22 bits per heavy atom. The van der Waals surface area contributed by atoms with E-state index in [9.17, 15) is 14.2 Å². The summed E-state index contributed by atoms with van der Waals surface area (Å²) in [5.74, 6) is -0.350. The van der Waals surface area contributed by atoms with Crippen LogP contribution >= 0.6 is 7.14 Å². The number of nitrogens with two attached hydrogens (primary N) is 1. The minimum Gasteiger partial charge on any atom is -0.398 e. The van der Waals surface area contributed by atoms with Crippen molar-refractivity contribution in [2.24, 2.45) is 0 Å². The third kappa shape index (κ3) is 4.34. The second-order valence-electron chi connectivity index (χ2n) is 10.1. The van der Waals surface area contributed by atoms with Gasteiger partial charge in [0.15, 0.2) is 0 Å². The normalized spacial score (nSPS) is 12.0. The lowest BCUT2D eigenvalue weighted by molar-refractivity contribution is 0.516. The number of fused-ring (bicyclic) bond motifs is 1. The summed E-state index contributed by atoms with van der Waals surface area (Å²) in [5.41, 5.74) is 12.1. The van der Waals surface area contributed by atoms with Crippen molar-refractivity contribution in [2.75, 3.05) is 19.1 Å². The van der Waals surface area contributed by atoms with E-state index < -0.39 is 12.6 Å². The maximum atomic E-state index is 13.9. The van der Waals surface area contributed by atoms with E-state index >= 15 is 0 Å². The van der Waals surface area contributed by atoms with E-state index in [1.165, 1.54) is 18.3 Å². The monoisotopic (exact) mass is 501 g/mol. The van der Waals surface area contributed by atoms with Gasteiger partial charge in [-0.15, -0.1) is 0 Å². The van der Waals surface area contributed by atoms with Crippen molar-refractivity contribution in [2.45, 2.75) is 32.6 Å². The molecule has 2 heterocycles. The van der Waals surface area contributed by atoms with Crippen LogP contribution < -0.4 is 11.2 Å². The fourth-order valence-corrected chi connectivity index (χ4v) is 6.08. The maximum absolute atomic E-state index is 13.9. The van der Waals surface area contributed by atoms with Crippen molar-refractivity contribution < 1.29 is 8.96 Å². The second-order valence-corrected chi connectivity index (χ2v) is 13.2. The molecule has 0 saturated heterocycles. The number of anilines is 1. The standard InChI is InChI=1S/C28H29FN5OP/c1-17-12-19(16-33-27(17)36(4,5)35)25-22-14-23(32)18(15-31)13-24(22)34(21-8-6-20(29)7-9-21)26(25)28(2,3)10-11-30/h6-9,12-16,31H,10,32H2,1-5H3. The zero-order valence-corrected chi connectivity index (χ0v) is 22.0. The van der Waals surface area contributed by atoms with Crippen LogP contribution in [0.4, 0.5) is 10.1 Å². The van der Waals surface area contributed by atoms with E-state index in [0.29, 0.717) is 16.7 Å². The van der Waals surface area contributed by atoms with Crippen LogP contribution in [0.2, 0.25) is 0 Å². The molecule has 0 spiro atoms. The Balaban J connectivity index is 2.21. The predicted molar refractivity (Wildman–Crippen MR) is 146 cm³/mol. The van der Waals surface area contributed by atoms with Crippen LogP contribution in [0.1, 0.15) is 37.1 Å². The summed E-state index contributed by atoms with van der Waals surface area (Å²) in [6.07, 6.45) is 3.16. The van der Waals surface area contributed by atoms with Crippen LogP contribution in [0, 0.1) is 29.5 Å². The fraction of sp³-hybridized carbons (Fsp3) is 0.250. The summed E-state index contributed by atoms with van der Waals surface area (Å²) in [6, 6.07) is 14.2. The van der Waals surface area contributed by atoms with Gasteiger partial charge in [-0.3, -0.25) is 4.98 Å².